The molecule has 2 N–H and O–H groups in total. The summed E-state index contributed by atoms with van der Waals surface area (Å²) in [4.78, 5) is 0. The lowest BCUT2D eigenvalue weighted by Crippen LogP contribution is -2.07. The van der Waals surface area contributed by atoms with Crippen molar-refractivity contribution < 1.29 is 9.13 Å². The van der Waals surface area contributed by atoms with Crippen LogP contribution in [-0.2, 0) is 0 Å². The molecule has 1 atom stereocenters. The van der Waals surface area contributed by atoms with Gasteiger partial charge in [0, 0.05) is 24.1 Å². The number of hydrogen-bond donors (Lipinski definition) is 1. The topological polar surface area (TPSA) is 35.2 Å². The Morgan fingerprint density at radius 2 is 2.25 bits per heavy atom. The minimum atomic E-state index is -0.325. The number of halogens is 1. The zero-order valence-electron chi connectivity index (χ0n) is 9.59. The highest BCUT2D eigenvalue weighted by molar-refractivity contribution is 5.30. The first-order chi connectivity index (χ1) is 7.65. The van der Waals surface area contributed by atoms with E-state index in [2.05, 4.69) is 11.8 Å². The molecule has 0 fully saturated rings. The van der Waals surface area contributed by atoms with Gasteiger partial charge in [0.25, 0.3) is 0 Å². The van der Waals surface area contributed by atoms with E-state index in [1.54, 1.807) is 26.0 Å². The molecule has 16 heavy (non-hydrogen) atoms. The smallest absolute Gasteiger partial charge is 0.131 e. The summed E-state index contributed by atoms with van der Waals surface area (Å²) >= 11 is 0. The molecule has 1 rings (SSSR count). The van der Waals surface area contributed by atoms with Crippen LogP contribution < -0.4 is 10.5 Å². The minimum Gasteiger partial charge on any atom is -0.492 e. The van der Waals surface area contributed by atoms with Crippen molar-refractivity contribution in [2.75, 3.05) is 6.61 Å². The Morgan fingerprint density at radius 3 is 2.81 bits per heavy atom. The van der Waals surface area contributed by atoms with Crippen LogP contribution >= 0.6 is 0 Å². The normalized spacial score (nSPS) is 11.5. The molecule has 2 nitrogen and oxygen atoms in total. The third kappa shape index (κ3) is 3.56. The summed E-state index contributed by atoms with van der Waals surface area (Å²) in [5.41, 5.74) is 6.11. The summed E-state index contributed by atoms with van der Waals surface area (Å²) in [7, 11) is 0. The van der Waals surface area contributed by atoms with Gasteiger partial charge < -0.3 is 10.5 Å². The average molecular weight is 221 g/mol. The van der Waals surface area contributed by atoms with E-state index < -0.39 is 0 Å². The van der Waals surface area contributed by atoms with E-state index in [0.29, 0.717) is 24.3 Å². The van der Waals surface area contributed by atoms with Gasteiger partial charge >= 0.3 is 0 Å². The van der Waals surface area contributed by atoms with Gasteiger partial charge in [0.1, 0.15) is 11.6 Å². The molecule has 0 heterocycles. The van der Waals surface area contributed by atoms with Crippen LogP contribution in [0.1, 0.15) is 31.9 Å². The van der Waals surface area contributed by atoms with E-state index >= 15 is 0 Å². The van der Waals surface area contributed by atoms with Crippen molar-refractivity contribution in [3.63, 3.8) is 0 Å². The van der Waals surface area contributed by atoms with E-state index in [1.165, 1.54) is 6.07 Å². The molecule has 0 saturated heterocycles. The van der Waals surface area contributed by atoms with Crippen LogP contribution in [0.5, 0.6) is 5.75 Å². The highest BCUT2D eigenvalue weighted by Crippen LogP contribution is 2.20. The fourth-order valence-corrected chi connectivity index (χ4v) is 1.31. The van der Waals surface area contributed by atoms with Gasteiger partial charge in [-0.25, -0.2) is 4.39 Å². The quantitative estimate of drug-likeness (QED) is 0.626. The third-order valence-corrected chi connectivity index (χ3v) is 2.14. The lowest BCUT2D eigenvalue weighted by atomic mass is 10.1. The molecule has 0 spiro atoms. The van der Waals surface area contributed by atoms with Gasteiger partial charge in [-0.2, -0.15) is 0 Å². The molecule has 0 amide bonds. The van der Waals surface area contributed by atoms with Gasteiger partial charge in [-0.15, -0.1) is 11.8 Å². The molecule has 0 unspecified atom stereocenters. The van der Waals surface area contributed by atoms with Gasteiger partial charge in [-0.1, -0.05) is 6.07 Å². The molecule has 86 valence electrons. The van der Waals surface area contributed by atoms with Crippen molar-refractivity contribution in [2.24, 2.45) is 5.73 Å². The van der Waals surface area contributed by atoms with Crippen molar-refractivity contribution in [3.05, 3.63) is 29.6 Å². The third-order valence-electron chi connectivity index (χ3n) is 2.14. The van der Waals surface area contributed by atoms with Crippen LogP contribution in [0.4, 0.5) is 4.39 Å². The van der Waals surface area contributed by atoms with Gasteiger partial charge in [0.15, 0.2) is 0 Å². The Labute approximate surface area is 95.6 Å². The summed E-state index contributed by atoms with van der Waals surface area (Å²) in [5, 5.41) is 0. The molecule has 0 aliphatic carbocycles. The fourth-order valence-electron chi connectivity index (χ4n) is 1.31. The summed E-state index contributed by atoms with van der Waals surface area (Å²) in [6.07, 6.45) is 0.646. The van der Waals surface area contributed by atoms with Crippen molar-refractivity contribution in [1.29, 1.82) is 0 Å². The predicted molar refractivity (Wildman–Crippen MR) is 62.6 cm³/mol. The van der Waals surface area contributed by atoms with Crippen LogP contribution in [0.3, 0.4) is 0 Å². The van der Waals surface area contributed by atoms with Crippen LogP contribution in [0.2, 0.25) is 0 Å². The SMILES string of the molecule is CC#CCCOc1ccc([C@@H](C)N)c(F)c1. The van der Waals surface area contributed by atoms with Gasteiger partial charge in [-0.05, 0) is 19.9 Å². The molecule has 1 aromatic rings. The van der Waals surface area contributed by atoms with Crippen LogP contribution in [-0.4, -0.2) is 6.61 Å². The minimum absolute atomic E-state index is 0.306. The Kier molecular flexibility index (Phi) is 4.81. The first-order valence-electron chi connectivity index (χ1n) is 5.22. The summed E-state index contributed by atoms with van der Waals surface area (Å²) in [5.74, 6) is 5.83. The van der Waals surface area contributed by atoms with Gasteiger partial charge in [-0.3, -0.25) is 0 Å². The number of rotatable bonds is 4. The predicted octanol–water partition coefficient (Wildman–Crippen LogP) is 2.64. The second kappa shape index (κ2) is 6.14. The molecule has 0 saturated carbocycles. The van der Waals surface area contributed by atoms with Gasteiger partial charge in [0.05, 0.1) is 6.61 Å². The van der Waals surface area contributed by atoms with Gasteiger partial charge in [0.2, 0.25) is 0 Å². The fraction of sp³-hybridized carbons (Fsp3) is 0.385. The first kappa shape index (κ1) is 12.5. The standard InChI is InChI=1S/C13H16FNO/c1-3-4-5-8-16-11-6-7-12(10(2)15)13(14)9-11/h6-7,9-10H,5,8,15H2,1-2H3/t10-/m1/s1. The second-order valence-corrected chi connectivity index (χ2v) is 3.50. The molecule has 0 aliphatic rings. The number of benzene rings is 1. The van der Waals surface area contributed by atoms with Crippen LogP contribution in [0.15, 0.2) is 18.2 Å². The lowest BCUT2D eigenvalue weighted by Gasteiger charge is -2.09. The molecular formula is C13H16FNO. The first-order valence-corrected chi connectivity index (χ1v) is 5.22. The molecule has 3 heteroatoms. The van der Waals surface area contributed by atoms with E-state index in [0.717, 1.165) is 0 Å². The second-order valence-electron chi connectivity index (χ2n) is 3.50. The van der Waals surface area contributed by atoms with Crippen molar-refractivity contribution in [3.8, 4) is 17.6 Å². The average Bonchev–Trinajstić information content (AvgIpc) is 2.24. The van der Waals surface area contributed by atoms with E-state index in [9.17, 15) is 4.39 Å². The maximum Gasteiger partial charge on any atom is 0.131 e. The van der Waals surface area contributed by atoms with Crippen molar-refractivity contribution >= 4 is 0 Å². The summed E-state index contributed by atoms with van der Waals surface area (Å²) in [6, 6.07) is 4.43. The van der Waals surface area contributed by atoms with Crippen molar-refractivity contribution in [2.45, 2.75) is 26.3 Å². The lowest BCUT2D eigenvalue weighted by molar-refractivity contribution is 0.325. The van der Waals surface area contributed by atoms with Crippen molar-refractivity contribution in [1.82, 2.24) is 0 Å². The monoisotopic (exact) mass is 221 g/mol. The maximum absolute atomic E-state index is 13.5. The Morgan fingerprint density at radius 1 is 1.50 bits per heavy atom. The molecule has 0 aromatic heterocycles. The highest BCUT2D eigenvalue weighted by atomic mass is 19.1. The van der Waals surface area contributed by atoms with E-state index in [1.807, 2.05) is 0 Å². The Bertz CT molecular complexity index is 404. The van der Waals surface area contributed by atoms with Crippen LogP contribution in [0.25, 0.3) is 0 Å². The summed E-state index contributed by atoms with van der Waals surface area (Å²) in [6.45, 7) is 3.99. The molecule has 0 aliphatic heterocycles. The Balaban J connectivity index is 2.61. The van der Waals surface area contributed by atoms with Crippen LogP contribution in [0, 0.1) is 17.7 Å². The van der Waals surface area contributed by atoms with E-state index in [4.69, 9.17) is 10.5 Å². The maximum atomic E-state index is 13.5. The number of hydrogen-bond acceptors (Lipinski definition) is 2. The molecule has 0 radical (unpaired) electrons. The summed E-state index contributed by atoms with van der Waals surface area (Å²) < 4.78 is 18.8. The largest absolute Gasteiger partial charge is 0.492 e. The van der Waals surface area contributed by atoms with E-state index in [-0.39, 0.29) is 11.9 Å². The Hall–Kier alpha value is -1.53. The molecule has 1 aromatic carbocycles. The highest BCUT2D eigenvalue weighted by Gasteiger charge is 2.07. The zero-order valence-corrected chi connectivity index (χ0v) is 9.59. The zero-order chi connectivity index (χ0) is 12.0. The number of nitrogens with two attached hydrogens (primary N) is 1. The molecule has 0 bridgehead atoms. The number of ether oxygens (including phenoxy) is 1. The molecular weight excluding hydrogens is 205 g/mol.